The van der Waals surface area contributed by atoms with E-state index in [0.717, 1.165) is 17.4 Å². The zero-order chi connectivity index (χ0) is 15.2. The van der Waals surface area contributed by atoms with E-state index < -0.39 is 0 Å². The van der Waals surface area contributed by atoms with Crippen LogP contribution in [0.1, 0.15) is 30.5 Å². The summed E-state index contributed by atoms with van der Waals surface area (Å²) in [4.78, 5) is 0. The summed E-state index contributed by atoms with van der Waals surface area (Å²) in [5, 5.41) is 3.30. The van der Waals surface area contributed by atoms with E-state index in [9.17, 15) is 8.78 Å². The van der Waals surface area contributed by atoms with E-state index in [0.29, 0.717) is 17.5 Å². The van der Waals surface area contributed by atoms with Gasteiger partial charge in [0.1, 0.15) is 11.6 Å². The van der Waals surface area contributed by atoms with E-state index in [1.807, 2.05) is 6.92 Å². The smallest absolute Gasteiger partial charge is 0.127 e. The van der Waals surface area contributed by atoms with Gasteiger partial charge in [0.05, 0.1) is 0 Å². The van der Waals surface area contributed by atoms with Crippen LogP contribution < -0.4 is 5.32 Å². The number of hydrogen-bond acceptors (Lipinski definition) is 1. The summed E-state index contributed by atoms with van der Waals surface area (Å²) < 4.78 is 28.8. The lowest BCUT2D eigenvalue weighted by molar-refractivity contribution is 0.487. The predicted molar refractivity (Wildman–Crippen MR) is 85.2 cm³/mol. The molecule has 0 aliphatic rings. The molecule has 0 saturated heterocycles. The normalized spacial score (nSPS) is 12.4. The minimum Gasteiger partial charge on any atom is -0.310 e. The van der Waals surface area contributed by atoms with Crippen molar-refractivity contribution in [2.45, 2.75) is 25.8 Å². The zero-order valence-corrected chi connectivity index (χ0v) is 13.5. The van der Waals surface area contributed by atoms with Crippen LogP contribution in [-0.4, -0.2) is 6.54 Å². The molecule has 1 nitrogen and oxygen atoms in total. The van der Waals surface area contributed by atoms with Gasteiger partial charge >= 0.3 is 0 Å². The molecule has 2 rings (SSSR count). The van der Waals surface area contributed by atoms with Crippen molar-refractivity contribution in [2.24, 2.45) is 0 Å². The molecule has 2 aromatic carbocycles. The number of nitrogens with one attached hydrogen (secondary N) is 1. The molecule has 0 saturated carbocycles. The average Bonchev–Trinajstić information content (AvgIpc) is 2.48. The maximum Gasteiger partial charge on any atom is 0.127 e. The topological polar surface area (TPSA) is 12.0 Å². The molecule has 112 valence electrons. The summed E-state index contributed by atoms with van der Waals surface area (Å²) in [6.45, 7) is 2.81. The van der Waals surface area contributed by atoms with Gasteiger partial charge in [-0.2, -0.15) is 0 Å². The van der Waals surface area contributed by atoms with Gasteiger partial charge in [0.25, 0.3) is 0 Å². The lowest BCUT2D eigenvalue weighted by Gasteiger charge is -2.20. The second-order valence-electron chi connectivity index (χ2n) is 4.97. The van der Waals surface area contributed by atoms with Crippen molar-refractivity contribution < 1.29 is 8.78 Å². The van der Waals surface area contributed by atoms with Gasteiger partial charge < -0.3 is 5.32 Å². The minimum atomic E-state index is -0.266. The van der Waals surface area contributed by atoms with Gasteiger partial charge in [0.15, 0.2) is 0 Å². The Morgan fingerprint density at radius 3 is 2.57 bits per heavy atom. The Bertz CT molecular complexity index is 601. The highest BCUT2D eigenvalue weighted by Gasteiger charge is 2.17. The number of hydrogen-bond donors (Lipinski definition) is 1. The molecule has 0 aliphatic carbocycles. The molecular weight excluding hydrogens is 336 g/mol. The van der Waals surface area contributed by atoms with E-state index >= 15 is 0 Å². The highest BCUT2D eigenvalue weighted by atomic mass is 79.9. The van der Waals surface area contributed by atoms with Crippen molar-refractivity contribution in [1.82, 2.24) is 5.32 Å². The Hall–Kier alpha value is -1.26. The van der Waals surface area contributed by atoms with E-state index in [4.69, 9.17) is 0 Å². The molecule has 0 aromatic heterocycles. The maximum atomic E-state index is 14.0. The first-order valence-corrected chi connectivity index (χ1v) is 7.83. The first kappa shape index (κ1) is 16.1. The minimum absolute atomic E-state index is 0.241. The van der Waals surface area contributed by atoms with Gasteiger partial charge in [-0.15, -0.1) is 0 Å². The standard InChI is InChI=1S/C17H18BrF2N/c1-2-9-21-17(14-5-3-4-6-16(14)20)11-12-10-13(18)7-8-15(12)19/h3-8,10,17,21H,2,9,11H2,1H3. The van der Waals surface area contributed by atoms with Crippen LogP contribution in [0, 0.1) is 11.6 Å². The third-order valence-corrected chi connectivity index (χ3v) is 3.85. The highest BCUT2D eigenvalue weighted by molar-refractivity contribution is 9.10. The van der Waals surface area contributed by atoms with Gasteiger partial charge in [0, 0.05) is 16.1 Å². The summed E-state index contributed by atoms with van der Waals surface area (Å²) in [5.74, 6) is -0.528. The third kappa shape index (κ3) is 4.35. The second kappa shape index (κ2) is 7.66. The maximum absolute atomic E-state index is 14.0. The van der Waals surface area contributed by atoms with E-state index in [2.05, 4.69) is 21.2 Å². The summed E-state index contributed by atoms with van der Waals surface area (Å²) in [7, 11) is 0. The predicted octanol–water partition coefficient (Wildman–Crippen LogP) is 5.01. The van der Waals surface area contributed by atoms with E-state index in [1.165, 1.54) is 12.1 Å². The van der Waals surface area contributed by atoms with Crippen molar-refractivity contribution in [3.8, 4) is 0 Å². The summed E-state index contributed by atoms with van der Waals surface area (Å²) >= 11 is 3.35. The van der Waals surface area contributed by atoms with E-state index in [1.54, 1.807) is 30.3 Å². The van der Waals surface area contributed by atoms with Crippen LogP contribution in [0.4, 0.5) is 8.78 Å². The van der Waals surface area contributed by atoms with Crippen LogP contribution in [-0.2, 0) is 6.42 Å². The number of benzene rings is 2. The molecule has 0 bridgehead atoms. The quantitative estimate of drug-likeness (QED) is 0.769. The molecular formula is C17H18BrF2N. The molecule has 2 aromatic rings. The van der Waals surface area contributed by atoms with Gasteiger partial charge in [-0.3, -0.25) is 0 Å². The zero-order valence-electron chi connectivity index (χ0n) is 11.9. The third-order valence-electron chi connectivity index (χ3n) is 3.35. The van der Waals surface area contributed by atoms with Crippen LogP contribution in [0.15, 0.2) is 46.9 Å². The number of rotatable bonds is 6. The molecule has 0 aliphatic heterocycles. The van der Waals surface area contributed by atoms with Crippen LogP contribution in [0.3, 0.4) is 0 Å². The fraction of sp³-hybridized carbons (Fsp3) is 0.294. The van der Waals surface area contributed by atoms with Gasteiger partial charge in [-0.05, 0) is 49.2 Å². The Morgan fingerprint density at radius 1 is 1.10 bits per heavy atom. The molecule has 21 heavy (non-hydrogen) atoms. The molecule has 0 heterocycles. The first-order chi connectivity index (χ1) is 10.1. The van der Waals surface area contributed by atoms with Crippen LogP contribution in [0.25, 0.3) is 0 Å². The molecule has 1 unspecified atom stereocenters. The van der Waals surface area contributed by atoms with E-state index in [-0.39, 0.29) is 17.7 Å². The van der Waals surface area contributed by atoms with Crippen molar-refractivity contribution in [3.05, 3.63) is 69.7 Å². The Balaban J connectivity index is 2.28. The fourth-order valence-electron chi connectivity index (χ4n) is 2.29. The average molecular weight is 354 g/mol. The summed E-state index contributed by atoms with van der Waals surface area (Å²) in [6.07, 6.45) is 1.35. The summed E-state index contributed by atoms with van der Waals surface area (Å²) in [6, 6.07) is 11.2. The first-order valence-electron chi connectivity index (χ1n) is 7.03. The largest absolute Gasteiger partial charge is 0.310 e. The molecule has 0 amide bonds. The second-order valence-corrected chi connectivity index (χ2v) is 5.88. The molecule has 1 atom stereocenters. The van der Waals surface area contributed by atoms with Gasteiger partial charge in [-0.25, -0.2) is 8.78 Å². The molecule has 0 fully saturated rings. The number of halogens is 3. The Kier molecular flexibility index (Phi) is 5.88. The van der Waals surface area contributed by atoms with Crippen LogP contribution >= 0.6 is 15.9 Å². The lowest BCUT2D eigenvalue weighted by Crippen LogP contribution is -2.25. The molecule has 4 heteroatoms. The lowest BCUT2D eigenvalue weighted by atomic mass is 9.98. The van der Waals surface area contributed by atoms with Crippen molar-refractivity contribution in [3.63, 3.8) is 0 Å². The fourth-order valence-corrected chi connectivity index (χ4v) is 2.70. The SMILES string of the molecule is CCCNC(Cc1cc(Br)ccc1F)c1ccccc1F. The van der Waals surface area contributed by atoms with Crippen molar-refractivity contribution in [1.29, 1.82) is 0 Å². The highest BCUT2D eigenvalue weighted by Crippen LogP contribution is 2.24. The Morgan fingerprint density at radius 2 is 1.86 bits per heavy atom. The van der Waals surface area contributed by atoms with Crippen LogP contribution in [0.5, 0.6) is 0 Å². The van der Waals surface area contributed by atoms with Crippen molar-refractivity contribution >= 4 is 15.9 Å². The van der Waals surface area contributed by atoms with Crippen molar-refractivity contribution in [2.75, 3.05) is 6.54 Å². The molecule has 1 N–H and O–H groups in total. The molecule has 0 radical (unpaired) electrons. The van der Waals surface area contributed by atoms with Crippen LogP contribution in [0.2, 0.25) is 0 Å². The molecule has 0 spiro atoms. The Labute approximate surface area is 132 Å². The van der Waals surface area contributed by atoms with Gasteiger partial charge in [-0.1, -0.05) is 41.1 Å². The van der Waals surface area contributed by atoms with Gasteiger partial charge in [0.2, 0.25) is 0 Å². The monoisotopic (exact) mass is 353 g/mol. The summed E-state index contributed by atoms with van der Waals surface area (Å²) in [5.41, 5.74) is 1.14.